The molecule has 1 aromatic rings. The molecule has 1 aromatic carbocycles. The summed E-state index contributed by atoms with van der Waals surface area (Å²) in [6.45, 7) is 5.59. The molecular weight excluding hydrogens is 252 g/mol. The van der Waals surface area contributed by atoms with Gasteiger partial charge in [-0.25, -0.2) is 0 Å². The minimum absolute atomic E-state index is 0.250. The number of likely N-dealkylation sites (N-methyl/N-ethyl adjacent to an activating group) is 1. The topological polar surface area (TPSA) is 52.6 Å². The van der Waals surface area contributed by atoms with E-state index in [0.717, 1.165) is 32.5 Å². The maximum absolute atomic E-state index is 11.3. The van der Waals surface area contributed by atoms with Crippen LogP contribution in [0.15, 0.2) is 30.3 Å². The summed E-state index contributed by atoms with van der Waals surface area (Å²) in [6.07, 6.45) is 1.91. The molecule has 110 valence electrons. The van der Waals surface area contributed by atoms with Crippen LogP contribution < -0.4 is 5.32 Å². The highest BCUT2D eigenvalue weighted by molar-refractivity contribution is 5.73. The van der Waals surface area contributed by atoms with Crippen LogP contribution in [0.4, 0.5) is 0 Å². The zero-order valence-electron chi connectivity index (χ0n) is 12.1. The Morgan fingerprint density at radius 1 is 1.35 bits per heavy atom. The molecule has 4 nitrogen and oxygen atoms in total. The molecule has 1 saturated heterocycles. The van der Waals surface area contributed by atoms with Gasteiger partial charge in [-0.15, -0.1) is 0 Å². The summed E-state index contributed by atoms with van der Waals surface area (Å²) in [5.74, 6) is -0.465. The van der Waals surface area contributed by atoms with Crippen LogP contribution in [0.25, 0.3) is 0 Å². The lowest BCUT2D eigenvalue weighted by molar-refractivity contribution is -0.141. The van der Waals surface area contributed by atoms with E-state index >= 15 is 0 Å². The molecule has 20 heavy (non-hydrogen) atoms. The van der Waals surface area contributed by atoms with Crippen molar-refractivity contribution in [2.75, 3.05) is 19.6 Å². The number of carboxylic acid groups (broad SMARTS) is 1. The van der Waals surface area contributed by atoms with Gasteiger partial charge >= 0.3 is 5.97 Å². The fourth-order valence-corrected chi connectivity index (χ4v) is 2.96. The number of piperidine rings is 1. The van der Waals surface area contributed by atoms with Crippen LogP contribution in [0.5, 0.6) is 0 Å². The van der Waals surface area contributed by atoms with Gasteiger partial charge in [0.25, 0.3) is 0 Å². The number of nitrogens with one attached hydrogen (secondary N) is 1. The molecule has 2 N–H and O–H groups in total. The largest absolute Gasteiger partial charge is 0.480 e. The molecule has 0 bridgehead atoms. The van der Waals surface area contributed by atoms with Crippen LogP contribution >= 0.6 is 0 Å². The Morgan fingerprint density at radius 3 is 2.55 bits per heavy atom. The molecule has 0 aliphatic carbocycles. The second-order valence-corrected chi connectivity index (χ2v) is 5.47. The lowest BCUT2D eigenvalue weighted by Crippen LogP contribution is -2.47. The van der Waals surface area contributed by atoms with Crippen molar-refractivity contribution in [1.82, 2.24) is 10.2 Å². The van der Waals surface area contributed by atoms with Gasteiger partial charge < -0.3 is 10.4 Å². The predicted octanol–water partition coefficient (Wildman–Crippen LogP) is 1.96. The van der Waals surface area contributed by atoms with Gasteiger partial charge in [-0.1, -0.05) is 37.3 Å². The van der Waals surface area contributed by atoms with Crippen molar-refractivity contribution in [1.29, 1.82) is 0 Å². The number of carbonyl (C=O) groups is 1. The SMILES string of the molecule is CCNC(C(=O)O)C1CCN(Cc2ccccc2)CC1. The number of rotatable bonds is 6. The monoisotopic (exact) mass is 276 g/mol. The molecule has 4 heteroatoms. The molecule has 0 aromatic heterocycles. The lowest BCUT2D eigenvalue weighted by Gasteiger charge is -2.34. The van der Waals surface area contributed by atoms with Gasteiger partial charge in [0.1, 0.15) is 6.04 Å². The molecule has 1 aliphatic heterocycles. The van der Waals surface area contributed by atoms with E-state index in [-0.39, 0.29) is 12.0 Å². The summed E-state index contributed by atoms with van der Waals surface area (Å²) in [5.41, 5.74) is 1.33. The highest BCUT2D eigenvalue weighted by Crippen LogP contribution is 2.22. The van der Waals surface area contributed by atoms with E-state index < -0.39 is 5.97 Å². The fourth-order valence-electron chi connectivity index (χ4n) is 2.96. The molecule has 0 amide bonds. The average Bonchev–Trinajstić information content (AvgIpc) is 2.47. The summed E-state index contributed by atoms with van der Waals surface area (Å²) in [6, 6.07) is 10.1. The van der Waals surface area contributed by atoms with Crippen molar-refractivity contribution in [3.63, 3.8) is 0 Å². The van der Waals surface area contributed by atoms with Crippen molar-refractivity contribution in [2.24, 2.45) is 5.92 Å². The number of hydrogen-bond donors (Lipinski definition) is 2. The van der Waals surface area contributed by atoms with E-state index in [0.29, 0.717) is 6.54 Å². The Bertz CT molecular complexity index is 414. The molecule has 1 unspecified atom stereocenters. The quantitative estimate of drug-likeness (QED) is 0.834. The summed E-state index contributed by atoms with van der Waals surface area (Å²) >= 11 is 0. The zero-order chi connectivity index (χ0) is 14.4. The van der Waals surface area contributed by atoms with E-state index in [9.17, 15) is 9.90 Å². The third kappa shape index (κ3) is 4.05. The van der Waals surface area contributed by atoms with E-state index in [1.165, 1.54) is 5.56 Å². The van der Waals surface area contributed by atoms with Gasteiger partial charge in [0, 0.05) is 6.54 Å². The van der Waals surface area contributed by atoms with Crippen LogP contribution in [-0.4, -0.2) is 41.7 Å². The first-order valence-corrected chi connectivity index (χ1v) is 7.43. The first-order chi connectivity index (χ1) is 9.70. The number of aliphatic carboxylic acids is 1. The molecular formula is C16H24N2O2. The van der Waals surface area contributed by atoms with Crippen molar-refractivity contribution in [2.45, 2.75) is 32.4 Å². The lowest BCUT2D eigenvalue weighted by atomic mass is 9.89. The first kappa shape index (κ1) is 15.0. The van der Waals surface area contributed by atoms with Crippen molar-refractivity contribution in [3.05, 3.63) is 35.9 Å². The minimum atomic E-state index is -0.714. The number of likely N-dealkylation sites (tertiary alicyclic amines) is 1. The molecule has 0 spiro atoms. The normalized spacial score (nSPS) is 18.9. The van der Waals surface area contributed by atoms with Crippen LogP contribution in [0.1, 0.15) is 25.3 Å². The van der Waals surface area contributed by atoms with Gasteiger partial charge in [0.15, 0.2) is 0 Å². The molecule has 0 saturated carbocycles. The maximum Gasteiger partial charge on any atom is 0.320 e. The predicted molar refractivity (Wildman–Crippen MR) is 79.5 cm³/mol. The highest BCUT2D eigenvalue weighted by atomic mass is 16.4. The van der Waals surface area contributed by atoms with Crippen molar-refractivity contribution >= 4 is 5.97 Å². The van der Waals surface area contributed by atoms with Gasteiger partial charge in [-0.05, 0) is 44.0 Å². The van der Waals surface area contributed by atoms with E-state index in [1.807, 2.05) is 13.0 Å². The highest BCUT2D eigenvalue weighted by Gasteiger charge is 2.30. The molecule has 1 aliphatic rings. The average molecular weight is 276 g/mol. The van der Waals surface area contributed by atoms with E-state index in [1.54, 1.807) is 0 Å². The molecule has 1 fully saturated rings. The Kier molecular flexibility index (Phi) is 5.56. The van der Waals surface area contributed by atoms with Gasteiger partial charge in [-0.2, -0.15) is 0 Å². The Labute approximate surface area is 120 Å². The molecule has 0 radical (unpaired) electrons. The van der Waals surface area contributed by atoms with Gasteiger partial charge in [0.05, 0.1) is 0 Å². The Hall–Kier alpha value is -1.39. The molecule has 2 rings (SSSR count). The van der Waals surface area contributed by atoms with Crippen LogP contribution in [0.3, 0.4) is 0 Å². The summed E-state index contributed by atoms with van der Waals surface area (Å²) in [5, 5.41) is 12.4. The summed E-state index contributed by atoms with van der Waals surface area (Å²) < 4.78 is 0. The van der Waals surface area contributed by atoms with Gasteiger partial charge in [0.2, 0.25) is 0 Å². The van der Waals surface area contributed by atoms with E-state index in [2.05, 4.69) is 34.5 Å². The second-order valence-electron chi connectivity index (χ2n) is 5.47. The minimum Gasteiger partial charge on any atom is -0.480 e. The van der Waals surface area contributed by atoms with Crippen molar-refractivity contribution < 1.29 is 9.90 Å². The zero-order valence-corrected chi connectivity index (χ0v) is 12.1. The van der Waals surface area contributed by atoms with Crippen molar-refractivity contribution in [3.8, 4) is 0 Å². The first-order valence-electron chi connectivity index (χ1n) is 7.43. The van der Waals surface area contributed by atoms with Crippen LogP contribution in [-0.2, 0) is 11.3 Å². The van der Waals surface area contributed by atoms with Crippen LogP contribution in [0.2, 0.25) is 0 Å². The molecule has 1 heterocycles. The smallest absolute Gasteiger partial charge is 0.320 e. The Morgan fingerprint density at radius 2 is 2.00 bits per heavy atom. The third-order valence-corrected chi connectivity index (χ3v) is 4.04. The van der Waals surface area contributed by atoms with E-state index in [4.69, 9.17) is 0 Å². The van der Waals surface area contributed by atoms with Gasteiger partial charge in [-0.3, -0.25) is 9.69 Å². The Balaban J connectivity index is 1.84. The third-order valence-electron chi connectivity index (χ3n) is 4.04. The fraction of sp³-hybridized carbons (Fsp3) is 0.562. The second kappa shape index (κ2) is 7.41. The molecule has 1 atom stereocenters. The number of hydrogen-bond acceptors (Lipinski definition) is 3. The summed E-state index contributed by atoms with van der Waals surface area (Å²) in [7, 11) is 0. The number of nitrogens with zero attached hydrogens (tertiary/aromatic N) is 1. The number of carboxylic acids is 1. The number of benzene rings is 1. The standard InChI is InChI=1S/C16H24N2O2/c1-2-17-15(16(19)20)14-8-10-18(11-9-14)12-13-6-4-3-5-7-13/h3-7,14-15,17H,2,8-12H2,1H3,(H,19,20). The maximum atomic E-state index is 11.3. The van der Waals surface area contributed by atoms with Crippen LogP contribution in [0, 0.1) is 5.92 Å². The summed E-state index contributed by atoms with van der Waals surface area (Å²) in [4.78, 5) is 13.7.